The lowest BCUT2D eigenvalue weighted by Gasteiger charge is -2.11. The maximum Gasteiger partial charge on any atom is 0.213 e. The molecule has 1 saturated heterocycles. The molecule has 0 aliphatic carbocycles. The summed E-state index contributed by atoms with van der Waals surface area (Å²) in [5, 5.41) is 0. The van der Waals surface area contributed by atoms with E-state index in [1.807, 2.05) is 19.1 Å². The largest absolute Gasteiger partial charge is 0.475 e. The number of hydrogen-bond donors (Lipinski definition) is 1. The maximum absolute atomic E-state index is 5.59. The van der Waals surface area contributed by atoms with Crippen LogP contribution in [0.5, 0.6) is 5.88 Å². The molecule has 0 aromatic carbocycles. The molecule has 1 unspecified atom stereocenters. The van der Waals surface area contributed by atoms with Gasteiger partial charge in [0.15, 0.2) is 0 Å². The maximum atomic E-state index is 5.59. The molecule has 88 valence electrons. The van der Waals surface area contributed by atoms with Gasteiger partial charge in [0.05, 0.1) is 6.10 Å². The highest BCUT2D eigenvalue weighted by atomic mass is 16.5. The van der Waals surface area contributed by atoms with Gasteiger partial charge in [-0.3, -0.25) is 0 Å². The van der Waals surface area contributed by atoms with Gasteiger partial charge >= 0.3 is 0 Å². The standard InChI is InChI=1S/C12H18N2O2/c1-9-10(7-13)4-5-12(14-9)16-8-11-3-2-6-15-11/h4-5,11H,2-3,6-8,13H2,1H3. The highest BCUT2D eigenvalue weighted by molar-refractivity contribution is 5.24. The van der Waals surface area contributed by atoms with Crippen molar-refractivity contribution in [3.05, 3.63) is 23.4 Å². The van der Waals surface area contributed by atoms with Gasteiger partial charge in [-0.1, -0.05) is 6.07 Å². The van der Waals surface area contributed by atoms with Crippen molar-refractivity contribution < 1.29 is 9.47 Å². The van der Waals surface area contributed by atoms with E-state index in [2.05, 4.69) is 4.98 Å². The molecule has 4 nitrogen and oxygen atoms in total. The molecule has 1 aromatic rings. The van der Waals surface area contributed by atoms with E-state index in [0.29, 0.717) is 19.0 Å². The minimum Gasteiger partial charge on any atom is -0.475 e. The number of nitrogens with zero attached hydrogens (tertiary/aromatic N) is 1. The first-order valence-electron chi connectivity index (χ1n) is 5.70. The summed E-state index contributed by atoms with van der Waals surface area (Å²) in [7, 11) is 0. The second-order valence-corrected chi connectivity index (χ2v) is 4.04. The SMILES string of the molecule is Cc1nc(OCC2CCCO2)ccc1CN. The molecule has 2 N–H and O–H groups in total. The number of hydrogen-bond acceptors (Lipinski definition) is 4. The minimum absolute atomic E-state index is 0.233. The van der Waals surface area contributed by atoms with E-state index in [1.165, 1.54) is 0 Å². The van der Waals surface area contributed by atoms with Crippen LogP contribution in [0.1, 0.15) is 24.1 Å². The van der Waals surface area contributed by atoms with Crippen molar-refractivity contribution in [1.82, 2.24) is 4.98 Å². The van der Waals surface area contributed by atoms with Gasteiger partial charge in [-0.15, -0.1) is 0 Å². The highest BCUT2D eigenvalue weighted by Gasteiger charge is 2.16. The van der Waals surface area contributed by atoms with E-state index < -0.39 is 0 Å². The number of ether oxygens (including phenoxy) is 2. The quantitative estimate of drug-likeness (QED) is 0.836. The van der Waals surface area contributed by atoms with Crippen molar-refractivity contribution in [3.8, 4) is 5.88 Å². The van der Waals surface area contributed by atoms with Crippen molar-refractivity contribution in [1.29, 1.82) is 0 Å². The Morgan fingerprint density at radius 1 is 1.56 bits per heavy atom. The van der Waals surface area contributed by atoms with E-state index in [1.54, 1.807) is 0 Å². The van der Waals surface area contributed by atoms with Crippen LogP contribution in [0, 0.1) is 6.92 Å². The smallest absolute Gasteiger partial charge is 0.213 e. The molecule has 4 heteroatoms. The van der Waals surface area contributed by atoms with Crippen molar-refractivity contribution in [3.63, 3.8) is 0 Å². The fraction of sp³-hybridized carbons (Fsp3) is 0.583. The summed E-state index contributed by atoms with van der Waals surface area (Å²) < 4.78 is 11.1. The first kappa shape index (κ1) is 11.4. The van der Waals surface area contributed by atoms with Crippen LogP contribution >= 0.6 is 0 Å². The summed E-state index contributed by atoms with van der Waals surface area (Å²) in [6.07, 6.45) is 2.45. The molecule has 1 aliphatic rings. The van der Waals surface area contributed by atoms with Gasteiger partial charge in [0, 0.05) is 24.9 Å². The van der Waals surface area contributed by atoms with Gasteiger partial charge in [0.25, 0.3) is 0 Å². The normalized spacial score (nSPS) is 20.0. The Balaban J connectivity index is 1.91. The average Bonchev–Trinajstić information content (AvgIpc) is 2.79. The summed E-state index contributed by atoms with van der Waals surface area (Å²) in [5.41, 5.74) is 7.57. The zero-order chi connectivity index (χ0) is 11.4. The number of nitrogens with two attached hydrogens (primary N) is 1. The third-order valence-corrected chi connectivity index (χ3v) is 2.83. The van der Waals surface area contributed by atoms with Crippen LogP contribution in [0.25, 0.3) is 0 Å². The van der Waals surface area contributed by atoms with Gasteiger partial charge in [0.2, 0.25) is 5.88 Å². The van der Waals surface area contributed by atoms with Gasteiger partial charge < -0.3 is 15.2 Å². The second kappa shape index (κ2) is 5.27. The zero-order valence-corrected chi connectivity index (χ0v) is 9.61. The third-order valence-electron chi connectivity index (χ3n) is 2.83. The first-order chi connectivity index (χ1) is 7.79. The molecule has 1 atom stereocenters. The number of rotatable bonds is 4. The van der Waals surface area contributed by atoms with E-state index >= 15 is 0 Å². The van der Waals surface area contributed by atoms with E-state index in [4.69, 9.17) is 15.2 Å². The molecule has 0 bridgehead atoms. The van der Waals surface area contributed by atoms with Crippen molar-refractivity contribution in [2.45, 2.75) is 32.4 Å². The van der Waals surface area contributed by atoms with Crippen LogP contribution < -0.4 is 10.5 Å². The Hall–Kier alpha value is -1.13. The van der Waals surface area contributed by atoms with Crippen LogP contribution in [-0.4, -0.2) is 24.3 Å². The van der Waals surface area contributed by atoms with Gasteiger partial charge in [-0.05, 0) is 25.3 Å². The van der Waals surface area contributed by atoms with Crippen molar-refractivity contribution >= 4 is 0 Å². The van der Waals surface area contributed by atoms with Crippen LogP contribution in [-0.2, 0) is 11.3 Å². The Bertz CT molecular complexity index is 349. The molecule has 1 aliphatic heterocycles. The summed E-state index contributed by atoms with van der Waals surface area (Å²) in [4.78, 5) is 4.35. The van der Waals surface area contributed by atoms with Gasteiger partial charge in [0.1, 0.15) is 6.61 Å². The molecule has 2 rings (SSSR count). The van der Waals surface area contributed by atoms with Crippen molar-refractivity contribution in [2.75, 3.05) is 13.2 Å². The van der Waals surface area contributed by atoms with Crippen LogP contribution in [0.2, 0.25) is 0 Å². The molecule has 0 radical (unpaired) electrons. The monoisotopic (exact) mass is 222 g/mol. The Morgan fingerprint density at radius 3 is 3.06 bits per heavy atom. The van der Waals surface area contributed by atoms with E-state index in [0.717, 1.165) is 30.7 Å². The van der Waals surface area contributed by atoms with E-state index in [-0.39, 0.29) is 6.10 Å². The molecule has 1 fully saturated rings. The van der Waals surface area contributed by atoms with Crippen LogP contribution in [0.15, 0.2) is 12.1 Å². The summed E-state index contributed by atoms with van der Waals surface area (Å²) in [5.74, 6) is 0.658. The predicted octanol–water partition coefficient (Wildman–Crippen LogP) is 1.41. The van der Waals surface area contributed by atoms with Gasteiger partial charge in [-0.25, -0.2) is 4.98 Å². The minimum atomic E-state index is 0.233. The lowest BCUT2D eigenvalue weighted by atomic mass is 10.2. The van der Waals surface area contributed by atoms with Crippen LogP contribution in [0.3, 0.4) is 0 Å². The Kier molecular flexibility index (Phi) is 3.74. The summed E-state index contributed by atoms with van der Waals surface area (Å²) >= 11 is 0. The average molecular weight is 222 g/mol. The molecule has 0 spiro atoms. The Labute approximate surface area is 95.8 Å². The second-order valence-electron chi connectivity index (χ2n) is 4.04. The molecule has 2 heterocycles. The topological polar surface area (TPSA) is 57.4 Å². The van der Waals surface area contributed by atoms with E-state index in [9.17, 15) is 0 Å². The lowest BCUT2D eigenvalue weighted by molar-refractivity contribution is 0.0663. The fourth-order valence-corrected chi connectivity index (χ4v) is 1.82. The molecule has 0 amide bonds. The molecule has 1 aromatic heterocycles. The Morgan fingerprint density at radius 2 is 2.44 bits per heavy atom. The van der Waals surface area contributed by atoms with Crippen LogP contribution in [0.4, 0.5) is 0 Å². The summed E-state index contributed by atoms with van der Waals surface area (Å²) in [6, 6.07) is 3.83. The highest BCUT2D eigenvalue weighted by Crippen LogP contribution is 2.15. The predicted molar refractivity (Wildman–Crippen MR) is 61.3 cm³/mol. The number of aromatic nitrogens is 1. The van der Waals surface area contributed by atoms with Gasteiger partial charge in [-0.2, -0.15) is 0 Å². The molecular weight excluding hydrogens is 204 g/mol. The van der Waals surface area contributed by atoms with Crippen molar-refractivity contribution in [2.24, 2.45) is 5.73 Å². The lowest BCUT2D eigenvalue weighted by Crippen LogP contribution is -2.17. The first-order valence-corrected chi connectivity index (χ1v) is 5.70. The molecular formula is C12H18N2O2. The number of pyridine rings is 1. The third kappa shape index (κ3) is 2.71. The fourth-order valence-electron chi connectivity index (χ4n) is 1.82. The summed E-state index contributed by atoms with van der Waals surface area (Å²) in [6.45, 7) is 3.91. The molecule has 0 saturated carbocycles. The zero-order valence-electron chi connectivity index (χ0n) is 9.61. The number of aryl methyl sites for hydroxylation is 1. The molecule has 16 heavy (non-hydrogen) atoms.